The van der Waals surface area contributed by atoms with Crippen LogP contribution < -0.4 is 15.0 Å². The average molecular weight is 407 g/mol. The maximum Gasteiger partial charge on any atom is 0.263 e. The van der Waals surface area contributed by atoms with Crippen LogP contribution in [0.25, 0.3) is 0 Å². The minimum atomic E-state index is -0.305. The van der Waals surface area contributed by atoms with Crippen molar-refractivity contribution in [3.8, 4) is 11.5 Å². The molecular weight excluding hydrogens is 386 g/mol. The number of hydrogen-bond donors (Lipinski definition) is 0. The van der Waals surface area contributed by atoms with Gasteiger partial charge in [0.1, 0.15) is 11.4 Å². The normalized spacial score (nSPS) is 14.7. The van der Waals surface area contributed by atoms with Crippen LogP contribution in [-0.4, -0.2) is 43.5 Å². The molecule has 1 amide bonds. The molecule has 0 spiro atoms. The molecule has 0 saturated heterocycles. The van der Waals surface area contributed by atoms with Crippen molar-refractivity contribution in [2.24, 2.45) is 0 Å². The summed E-state index contributed by atoms with van der Waals surface area (Å²) in [6.07, 6.45) is 1.72. The van der Waals surface area contributed by atoms with Gasteiger partial charge >= 0.3 is 0 Å². The van der Waals surface area contributed by atoms with Crippen molar-refractivity contribution in [2.75, 3.05) is 13.3 Å². The molecule has 5 rings (SSSR count). The molecule has 0 bridgehead atoms. The van der Waals surface area contributed by atoms with E-state index in [1.807, 2.05) is 29.7 Å². The summed E-state index contributed by atoms with van der Waals surface area (Å²) in [6, 6.07) is 7.38. The van der Waals surface area contributed by atoms with E-state index in [1.165, 1.54) is 0 Å². The Bertz CT molecular complexity index is 1210. The van der Waals surface area contributed by atoms with Crippen LogP contribution in [0.15, 0.2) is 35.3 Å². The molecular formula is C21H21N5O4. The highest BCUT2D eigenvalue weighted by atomic mass is 16.7. The van der Waals surface area contributed by atoms with Crippen molar-refractivity contribution >= 4 is 5.91 Å². The first-order valence-electron chi connectivity index (χ1n) is 9.78. The fourth-order valence-electron chi connectivity index (χ4n) is 3.92. The second-order valence-electron chi connectivity index (χ2n) is 7.54. The average Bonchev–Trinajstić information content (AvgIpc) is 3.36. The zero-order valence-corrected chi connectivity index (χ0v) is 16.8. The topological polar surface area (TPSA) is 91.5 Å². The highest BCUT2D eigenvalue weighted by Crippen LogP contribution is 2.32. The number of benzene rings is 1. The van der Waals surface area contributed by atoms with Crippen LogP contribution in [0.4, 0.5) is 0 Å². The monoisotopic (exact) mass is 407 g/mol. The van der Waals surface area contributed by atoms with Crippen LogP contribution in [0.3, 0.4) is 0 Å². The quantitative estimate of drug-likeness (QED) is 0.653. The fraction of sp³-hybridized carbons (Fsp3) is 0.333. The number of carbonyl (C=O) groups is 1. The van der Waals surface area contributed by atoms with E-state index in [4.69, 9.17) is 9.47 Å². The smallest absolute Gasteiger partial charge is 0.263 e. The summed E-state index contributed by atoms with van der Waals surface area (Å²) in [5.41, 5.74) is 1.45. The molecule has 2 aromatic heterocycles. The van der Waals surface area contributed by atoms with Crippen LogP contribution in [0.1, 0.15) is 33.1 Å². The molecule has 9 heteroatoms. The van der Waals surface area contributed by atoms with Crippen molar-refractivity contribution in [2.45, 2.75) is 33.5 Å². The number of carbonyl (C=O) groups excluding carboxylic acids is 1. The maximum absolute atomic E-state index is 13.2. The predicted molar refractivity (Wildman–Crippen MR) is 107 cm³/mol. The van der Waals surface area contributed by atoms with Crippen LogP contribution in [0.2, 0.25) is 0 Å². The SMILES string of the molecule is Cc1ccn(Cc2ccc3c(c2)OCO3)c(=O)c1C(=O)N1CCn2c(C)nnc2C1. The predicted octanol–water partition coefficient (Wildman–Crippen LogP) is 1.49. The Balaban J connectivity index is 1.43. The number of aromatic nitrogens is 4. The Kier molecular flexibility index (Phi) is 4.30. The first kappa shape index (κ1) is 18.4. The van der Waals surface area contributed by atoms with Crippen LogP contribution >= 0.6 is 0 Å². The molecule has 0 radical (unpaired) electrons. The van der Waals surface area contributed by atoms with E-state index in [0.717, 1.165) is 17.2 Å². The van der Waals surface area contributed by atoms with Crippen molar-refractivity contribution in [1.82, 2.24) is 24.2 Å². The highest BCUT2D eigenvalue weighted by Gasteiger charge is 2.27. The Labute approximate surface area is 172 Å². The molecule has 3 aromatic rings. The van der Waals surface area contributed by atoms with E-state index in [2.05, 4.69) is 10.2 Å². The number of aryl methyl sites for hydroxylation is 2. The third-order valence-electron chi connectivity index (χ3n) is 5.60. The molecule has 154 valence electrons. The minimum Gasteiger partial charge on any atom is -0.454 e. The lowest BCUT2D eigenvalue weighted by molar-refractivity contribution is 0.0703. The van der Waals surface area contributed by atoms with Gasteiger partial charge in [0, 0.05) is 19.3 Å². The first-order valence-corrected chi connectivity index (χ1v) is 9.78. The largest absolute Gasteiger partial charge is 0.454 e. The summed E-state index contributed by atoms with van der Waals surface area (Å²) in [6.45, 7) is 5.70. The molecule has 4 heterocycles. The lowest BCUT2D eigenvalue weighted by Crippen LogP contribution is -2.42. The van der Waals surface area contributed by atoms with Crippen molar-refractivity contribution in [1.29, 1.82) is 0 Å². The van der Waals surface area contributed by atoms with E-state index < -0.39 is 0 Å². The molecule has 2 aliphatic rings. The summed E-state index contributed by atoms with van der Waals surface area (Å²) in [4.78, 5) is 28.1. The number of ether oxygens (including phenoxy) is 2. The molecule has 9 nitrogen and oxygen atoms in total. The molecule has 30 heavy (non-hydrogen) atoms. The Morgan fingerprint density at radius 1 is 1.10 bits per heavy atom. The Hall–Kier alpha value is -3.62. The van der Waals surface area contributed by atoms with Gasteiger partial charge in [-0.15, -0.1) is 10.2 Å². The molecule has 0 unspecified atom stereocenters. The number of pyridine rings is 1. The standard InChI is InChI=1S/C21H21N5O4/c1-13-5-6-24(10-15-3-4-16-17(9-15)30-12-29-16)20(27)19(13)21(28)25-7-8-26-14(2)22-23-18(26)11-25/h3-6,9H,7-8,10-12H2,1-2H3. The summed E-state index contributed by atoms with van der Waals surface area (Å²) in [5.74, 6) is 2.65. The molecule has 0 fully saturated rings. The molecule has 0 atom stereocenters. The minimum absolute atomic E-state index is 0.197. The van der Waals surface area contributed by atoms with Gasteiger partial charge in [-0.25, -0.2) is 0 Å². The fourth-order valence-corrected chi connectivity index (χ4v) is 3.92. The maximum atomic E-state index is 13.2. The van der Waals surface area contributed by atoms with E-state index in [-0.39, 0.29) is 23.8 Å². The lowest BCUT2D eigenvalue weighted by atomic mass is 10.1. The number of rotatable bonds is 3. The third kappa shape index (κ3) is 3.02. The van der Waals surface area contributed by atoms with Crippen molar-refractivity contribution < 1.29 is 14.3 Å². The van der Waals surface area contributed by atoms with Gasteiger partial charge in [0.15, 0.2) is 17.3 Å². The number of amides is 1. The Morgan fingerprint density at radius 3 is 2.80 bits per heavy atom. The zero-order chi connectivity index (χ0) is 20.8. The van der Waals surface area contributed by atoms with Crippen LogP contribution in [0.5, 0.6) is 11.5 Å². The van der Waals surface area contributed by atoms with E-state index >= 15 is 0 Å². The van der Waals surface area contributed by atoms with Crippen molar-refractivity contribution in [3.63, 3.8) is 0 Å². The van der Waals surface area contributed by atoms with Crippen LogP contribution in [-0.2, 0) is 19.6 Å². The third-order valence-corrected chi connectivity index (χ3v) is 5.60. The summed E-state index contributed by atoms with van der Waals surface area (Å²) < 4.78 is 14.3. The van der Waals surface area contributed by atoms with Gasteiger partial charge in [0.2, 0.25) is 6.79 Å². The Morgan fingerprint density at radius 2 is 1.93 bits per heavy atom. The highest BCUT2D eigenvalue weighted by molar-refractivity contribution is 5.95. The first-order chi connectivity index (χ1) is 14.5. The second kappa shape index (κ2) is 7.01. The van der Waals surface area contributed by atoms with Gasteiger partial charge in [-0.2, -0.15) is 0 Å². The molecule has 2 aliphatic heterocycles. The number of fused-ring (bicyclic) bond motifs is 2. The van der Waals surface area contributed by atoms with Gasteiger partial charge in [-0.05, 0) is 43.2 Å². The lowest BCUT2D eigenvalue weighted by Gasteiger charge is -2.28. The molecule has 0 N–H and O–H groups in total. The van der Waals surface area contributed by atoms with Crippen LogP contribution in [0, 0.1) is 13.8 Å². The zero-order valence-electron chi connectivity index (χ0n) is 16.8. The van der Waals surface area contributed by atoms with E-state index in [0.29, 0.717) is 43.2 Å². The van der Waals surface area contributed by atoms with Gasteiger partial charge in [-0.1, -0.05) is 6.07 Å². The van der Waals surface area contributed by atoms with E-state index in [9.17, 15) is 9.59 Å². The number of nitrogens with zero attached hydrogens (tertiary/aromatic N) is 5. The second-order valence-corrected chi connectivity index (χ2v) is 7.54. The van der Waals surface area contributed by atoms with E-state index in [1.54, 1.807) is 28.7 Å². The van der Waals surface area contributed by atoms with Gasteiger partial charge in [0.25, 0.3) is 11.5 Å². The van der Waals surface area contributed by atoms with Gasteiger partial charge in [-0.3, -0.25) is 9.59 Å². The summed E-state index contributed by atoms with van der Waals surface area (Å²) in [5, 5.41) is 8.22. The number of hydrogen-bond acceptors (Lipinski definition) is 6. The molecule has 1 aromatic carbocycles. The van der Waals surface area contributed by atoms with Gasteiger partial charge in [0.05, 0.1) is 13.1 Å². The molecule has 0 saturated carbocycles. The van der Waals surface area contributed by atoms with Gasteiger partial charge < -0.3 is 23.5 Å². The summed E-state index contributed by atoms with van der Waals surface area (Å²) in [7, 11) is 0. The van der Waals surface area contributed by atoms with Crippen molar-refractivity contribution in [3.05, 3.63) is 69.2 Å². The molecule has 0 aliphatic carbocycles. The summed E-state index contributed by atoms with van der Waals surface area (Å²) >= 11 is 0.